The third kappa shape index (κ3) is 14.9. The SMILES string of the molecule is CC(C)N(Cc1cnc[nH]1)c1ccc(F)c(Oc2ccccc2)c1.CC(C)N(Cc1cnc[nH]1)c1cccc(Br)c1.CC(C)N(Cc1cnc[nH]1)c1cccc(COc2ccccc2)c1. The number of hydrogen-bond acceptors (Lipinski definition) is 8. The van der Waals surface area contributed by atoms with Crippen molar-refractivity contribution in [3.63, 3.8) is 0 Å². The van der Waals surface area contributed by atoms with Crippen LogP contribution in [0.1, 0.15) is 64.2 Å². The number of benzene rings is 5. The summed E-state index contributed by atoms with van der Waals surface area (Å²) in [5, 5.41) is 0. The number of ether oxygens (including phenoxy) is 2. The van der Waals surface area contributed by atoms with Crippen molar-refractivity contribution in [1.29, 1.82) is 0 Å². The fourth-order valence-electron chi connectivity index (χ4n) is 6.91. The molecule has 0 spiro atoms. The summed E-state index contributed by atoms with van der Waals surface area (Å²) in [6.45, 7) is 15.8. The molecule has 0 aliphatic carbocycles. The Hall–Kier alpha value is -6.86. The summed E-state index contributed by atoms with van der Waals surface area (Å²) in [4.78, 5) is 28.5. The van der Waals surface area contributed by atoms with Crippen LogP contribution in [0.25, 0.3) is 0 Å². The van der Waals surface area contributed by atoms with Gasteiger partial charge in [-0.2, -0.15) is 0 Å². The predicted octanol–water partition coefficient (Wildman–Crippen LogP) is 12.7. The van der Waals surface area contributed by atoms with Gasteiger partial charge in [0.05, 0.1) is 55.7 Å². The summed E-state index contributed by atoms with van der Waals surface area (Å²) >= 11 is 3.51. The Morgan fingerprint density at radius 3 is 1.45 bits per heavy atom. The number of anilines is 3. The van der Waals surface area contributed by atoms with Gasteiger partial charge in [0, 0.05) is 64.3 Å². The van der Waals surface area contributed by atoms with Crippen LogP contribution in [-0.4, -0.2) is 48.0 Å². The van der Waals surface area contributed by atoms with E-state index in [2.05, 4.69) is 145 Å². The minimum absolute atomic E-state index is 0.217. The van der Waals surface area contributed by atoms with Crippen LogP contribution in [0, 0.1) is 5.82 Å². The summed E-state index contributed by atoms with van der Waals surface area (Å²) in [5.74, 6) is 1.33. The van der Waals surface area contributed by atoms with Gasteiger partial charge in [-0.1, -0.05) is 70.5 Å². The molecule has 11 nitrogen and oxygen atoms in total. The van der Waals surface area contributed by atoms with Gasteiger partial charge < -0.3 is 39.1 Å². The highest BCUT2D eigenvalue weighted by Gasteiger charge is 2.17. The number of halogens is 2. The van der Waals surface area contributed by atoms with Crippen molar-refractivity contribution in [1.82, 2.24) is 29.9 Å². The maximum absolute atomic E-state index is 14.1. The van der Waals surface area contributed by atoms with Gasteiger partial charge in [-0.05, 0) is 114 Å². The van der Waals surface area contributed by atoms with Gasteiger partial charge in [-0.25, -0.2) is 19.3 Å². The quantitative estimate of drug-likeness (QED) is 0.0827. The van der Waals surface area contributed by atoms with E-state index in [1.807, 2.05) is 67.0 Å². The molecule has 0 atom stereocenters. The minimum Gasteiger partial charge on any atom is -0.489 e. The molecule has 0 aliphatic heterocycles. The average molecular weight is 941 g/mol. The van der Waals surface area contributed by atoms with E-state index in [4.69, 9.17) is 9.47 Å². The van der Waals surface area contributed by atoms with Gasteiger partial charge in [0.1, 0.15) is 18.1 Å². The maximum Gasteiger partial charge on any atom is 0.165 e. The highest BCUT2D eigenvalue weighted by molar-refractivity contribution is 9.10. The molecule has 0 saturated carbocycles. The first-order chi connectivity index (χ1) is 31.5. The molecule has 3 aromatic heterocycles. The summed E-state index contributed by atoms with van der Waals surface area (Å²) < 4.78 is 26.8. The molecule has 5 aromatic carbocycles. The van der Waals surface area contributed by atoms with Crippen molar-refractivity contribution in [2.24, 2.45) is 0 Å². The van der Waals surface area contributed by atoms with Crippen molar-refractivity contribution in [3.8, 4) is 17.2 Å². The van der Waals surface area contributed by atoms with Crippen LogP contribution >= 0.6 is 15.9 Å². The molecule has 0 radical (unpaired) electrons. The van der Waals surface area contributed by atoms with Crippen LogP contribution in [0.4, 0.5) is 21.5 Å². The van der Waals surface area contributed by atoms with Crippen molar-refractivity contribution in [3.05, 3.63) is 198 Å². The van der Waals surface area contributed by atoms with Crippen LogP contribution < -0.4 is 24.2 Å². The molecule has 8 rings (SSSR count). The normalized spacial score (nSPS) is 10.8. The summed E-state index contributed by atoms with van der Waals surface area (Å²) in [6, 6.07) is 42.0. The zero-order valence-corrected chi connectivity index (χ0v) is 39.5. The van der Waals surface area contributed by atoms with Crippen LogP contribution in [-0.2, 0) is 26.2 Å². The lowest BCUT2D eigenvalue weighted by Crippen LogP contribution is -2.30. The van der Waals surface area contributed by atoms with Crippen LogP contribution in [0.2, 0.25) is 0 Å². The van der Waals surface area contributed by atoms with Crippen molar-refractivity contribution >= 4 is 33.0 Å². The Morgan fingerprint density at radius 2 is 0.985 bits per heavy atom. The molecule has 8 aromatic rings. The Balaban J connectivity index is 0.000000164. The third-order valence-corrected chi connectivity index (χ3v) is 10.8. The number of aromatic amines is 3. The van der Waals surface area contributed by atoms with E-state index in [1.54, 1.807) is 49.4 Å². The lowest BCUT2D eigenvalue weighted by molar-refractivity contribution is 0.306. The van der Waals surface area contributed by atoms with E-state index in [0.717, 1.165) is 51.6 Å². The molecule has 3 N–H and O–H groups in total. The fourth-order valence-corrected chi connectivity index (χ4v) is 7.29. The molecule has 0 unspecified atom stereocenters. The Kier molecular flexibility index (Phi) is 17.8. The number of nitrogens with one attached hydrogen (secondary N) is 3. The molecular formula is C52H59BrFN9O2. The molecule has 0 fully saturated rings. The van der Waals surface area contributed by atoms with Crippen molar-refractivity contribution < 1.29 is 13.9 Å². The monoisotopic (exact) mass is 939 g/mol. The lowest BCUT2D eigenvalue weighted by atomic mass is 10.1. The van der Waals surface area contributed by atoms with Crippen molar-refractivity contribution in [2.45, 2.75) is 85.9 Å². The number of nitrogens with zero attached hydrogens (tertiary/aromatic N) is 6. The Morgan fingerprint density at radius 1 is 0.523 bits per heavy atom. The molecule has 3 heterocycles. The summed E-state index contributed by atoms with van der Waals surface area (Å²) in [6.07, 6.45) is 10.6. The number of aromatic nitrogens is 6. The maximum atomic E-state index is 14.1. The fraction of sp³-hybridized carbons (Fsp3) is 0.250. The first kappa shape index (κ1) is 47.6. The minimum atomic E-state index is -0.382. The van der Waals surface area contributed by atoms with Gasteiger partial charge in [0.2, 0.25) is 0 Å². The van der Waals surface area contributed by atoms with E-state index in [-0.39, 0.29) is 17.6 Å². The first-order valence-corrected chi connectivity index (χ1v) is 22.6. The predicted molar refractivity (Wildman–Crippen MR) is 264 cm³/mol. The second-order valence-corrected chi connectivity index (χ2v) is 17.1. The topological polar surface area (TPSA) is 114 Å². The van der Waals surface area contributed by atoms with Gasteiger partial charge >= 0.3 is 0 Å². The Labute approximate surface area is 390 Å². The number of hydrogen-bond donors (Lipinski definition) is 3. The van der Waals surface area contributed by atoms with Gasteiger partial charge in [-0.3, -0.25) is 0 Å². The van der Waals surface area contributed by atoms with Gasteiger partial charge in [0.25, 0.3) is 0 Å². The standard InChI is InChI=1S/C20H23N3O.C19H20FN3O.C13H16BrN3/c1-16(2)23(13-18-12-21-15-22-18)19-8-6-7-17(11-19)14-24-20-9-4-3-5-10-20;1-14(2)23(12-15-11-21-13-22-15)16-8-9-18(20)19(10-16)24-17-6-4-3-5-7-17;1-10(2)17(8-12-7-15-9-16-12)13-5-3-4-11(14)6-13/h3-12,15-16H,13-14H2,1-2H3,(H,21,22);3-11,13-14H,12H2,1-2H3,(H,21,22);3-7,9-10H,8H2,1-2H3,(H,15,16). The Bertz CT molecular complexity index is 2540. The third-order valence-electron chi connectivity index (χ3n) is 10.3. The number of para-hydroxylation sites is 2. The van der Waals surface area contributed by atoms with E-state index >= 15 is 0 Å². The smallest absolute Gasteiger partial charge is 0.165 e. The van der Waals surface area contributed by atoms with Crippen LogP contribution in [0.5, 0.6) is 17.2 Å². The van der Waals surface area contributed by atoms with E-state index < -0.39 is 0 Å². The molecular weight excluding hydrogens is 882 g/mol. The number of imidazole rings is 3. The summed E-state index contributed by atoms with van der Waals surface area (Å²) in [5.41, 5.74) is 7.68. The second-order valence-electron chi connectivity index (χ2n) is 16.2. The van der Waals surface area contributed by atoms with E-state index in [9.17, 15) is 4.39 Å². The second kappa shape index (κ2) is 24.3. The molecule has 338 valence electrons. The highest BCUT2D eigenvalue weighted by Crippen LogP contribution is 2.31. The van der Waals surface area contributed by atoms with Crippen LogP contribution in [0.3, 0.4) is 0 Å². The van der Waals surface area contributed by atoms with E-state index in [0.29, 0.717) is 31.0 Å². The lowest BCUT2D eigenvalue weighted by Gasteiger charge is -2.29. The molecule has 65 heavy (non-hydrogen) atoms. The van der Waals surface area contributed by atoms with Gasteiger partial charge in [-0.15, -0.1) is 0 Å². The van der Waals surface area contributed by atoms with E-state index in [1.165, 1.54) is 17.4 Å². The highest BCUT2D eigenvalue weighted by atomic mass is 79.9. The molecule has 0 bridgehead atoms. The molecule has 0 amide bonds. The van der Waals surface area contributed by atoms with Crippen LogP contribution in [0.15, 0.2) is 169 Å². The summed E-state index contributed by atoms with van der Waals surface area (Å²) in [7, 11) is 0. The number of H-pyrrole nitrogens is 3. The molecule has 0 saturated heterocycles. The zero-order chi connectivity index (χ0) is 46.0. The average Bonchev–Trinajstić information content (AvgIpc) is 4.14. The molecule has 13 heteroatoms. The largest absolute Gasteiger partial charge is 0.489 e. The molecule has 0 aliphatic rings. The zero-order valence-electron chi connectivity index (χ0n) is 37.9. The first-order valence-electron chi connectivity index (χ1n) is 21.8. The van der Waals surface area contributed by atoms with Crippen molar-refractivity contribution in [2.75, 3.05) is 14.7 Å². The number of rotatable bonds is 17. The van der Waals surface area contributed by atoms with Gasteiger partial charge in [0.15, 0.2) is 11.6 Å².